The fraction of sp³-hybridized carbons (Fsp3) is 0.698. The molecule has 3 N–H and O–H groups in total. The van der Waals surface area contributed by atoms with Gasteiger partial charge in [-0.1, -0.05) is 157 Å². The predicted octanol–water partition coefficient (Wildman–Crippen LogP) is 12.0. The Balaban J connectivity index is 4.19. The zero-order valence-electron chi connectivity index (χ0n) is 33.0. The second kappa shape index (κ2) is 40.1. The molecule has 52 heavy (non-hydrogen) atoms. The number of hydrogen-bond acceptors (Lipinski definition) is 7. The summed E-state index contributed by atoms with van der Waals surface area (Å²) in [6, 6.07) is 0. The standard InChI is InChI=1S/C43H76NO7P/c1-3-5-7-9-11-13-15-17-19-20-21-23-25-27-29-31-33-35-38-48-40-42(41-50-52(46,47)49-39-37-44)51-43(45)36-34-32-30-28-26-24-22-18-16-14-12-10-8-6-4-2/h6,8,12,14,17-19,22,26,28,32,34,42H,3-5,7,9-11,13,15-16,20-21,23-25,27,29-31,33,35-41,44H2,1-2H3,(H,46,47)/b8-6-,14-12-,19-17-,22-18-,28-26-,34-32-. The number of esters is 1. The van der Waals surface area contributed by atoms with E-state index in [2.05, 4.69) is 74.6 Å². The van der Waals surface area contributed by atoms with Crippen molar-refractivity contribution >= 4 is 13.8 Å². The van der Waals surface area contributed by atoms with E-state index < -0.39 is 19.9 Å². The number of nitrogens with two attached hydrogens (primary N) is 1. The molecule has 0 aliphatic heterocycles. The molecule has 0 aromatic heterocycles. The molecule has 0 rings (SSSR count). The average Bonchev–Trinajstić information content (AvgIpc) is 3.13. The highest BCUT2D eigenvalue weighted by molar-refractivity contribution is 7.47. The van der Waals surface area contributed by atoms with Gasteiger partial charge in [0.25, 0.3) is 0 Å². The molecule has 0 amide bonds. The second-order valence-electron chi connectivity index (χ2n) is 13.1. The third-order valence-electron chi connectivity index (χ3n) is 8.14. The number of ether oxygens (including phenoxy) is 2. The van der Waals surface area contributed by atoms with Crippen LogP contribution in [0.15, 0.2) is 72.9 Å². The van der Waals surface area contributed by atoms with Crippen LogP contribution in [0.1, 0.15) is 155 Å². The highest BCUT2D eigenvalue weighted by Crippen LogP contribution is 2.43. The summed E-state index contributed by atoms with van der Waals surface area (Å²) in [5.74, 6) is -0.460. The number of hydrogen-bond donors (Lipinski definition) is 2. The summed E-state index contributed by atoms with van der Waals surface area (Å²) in [6.07, 6.45) is 49.5. The lowest BCUT2D eigenvalue weighted by molar-refractivity contribution is -0.153. The lowest BCUT2D eigenvalue weighted by Crippen LogP contribution is -2.28. The molecule has 2 atom stereocenters. The quantitative estimate of drug-likeness (QED) is 0.0277. The van der Waals surface area contributed by atoms with Gasteiger partial charge in [-0.05, 0) is 64.2 Å². The summed E-state index contributed by atoms with van der Waals surface area (Å²) < 4.78 is 33.2. The predicted molar refractivity (Wildman–Crippen MR) is 219 cm³/mol. The van der Waals surface area contributed by atoms with Crippen LogP contribution in [0.2, 0.25) is 0 Å². The Morgan fingerprint density at radius 3 is 1.60 bits per heavy atom. The highest BCUT2D eigenvalue weighted by atomic mass is 31.2. The van der Waals surface area contributed by atoms with Gasteiger partial charge in [0, 0.05) is 13.2 Å². The van der Waals surface area contributed by atoms with Crippen LogP contribution in [0.5, 0.6) is 0 Å². The molecule has 0 spiro atoms. The summed E-state index contributed by atoms with van der Waals surface area (Å²) in [5, 5.41) is 0. The molecule has 0 aromatic rings. The van der Waals surface area contributed by atoms with E-state index in [0.717, 1.165) is 38.5 Å². The Morgan fingerprint density at radius 1 is 0.596 bits per heavy atom. The molecule has 2 unspecified atom stereocenters. The van der Waals surface area contributed by atoms with Crippen molar-refractivity contribution in [2.45, 2.75) is 161 Å². The monoisotopic (exact) mass is 750 g/mol. The largest absolute Gasteiger partial charge is 0.472 e. The van der Waals surface area contributed by atoms with Gasteiger partial charge in [-0.15, -0.1) is 0 Å². The first-order chi connectivity index (χ1) is 25.4. The first kappa shape index (κ1) is 49.9. The normalized spacial score (nSPS) is 14.3. The Morgan fingerprint density at radius 2 is 1.08 bits per heavy atom. The van der Waals surface area contributed by atoms with E-state index >= 15 is 0 Å². The molecule has 0 aliphatic rings. The summed E-state index contributed by atoms with van der Waals surface area (Å²) in [7, 11) is -4.30. The molecular weight excluding hydrogens is 673 g/mol. The Labute approximate surface area is 318 Å². The van der Waals surface area contributed by atoms with Crippen LogP contribution >= 0.6 is 7.82 Å². The Bertz CT molecular complexity index is 1020. The van der Waals surface area contributed by atoms with Crippen LogP contribution in [0.4, 0.5) is 0 Å². The first-order valence-corrected chi connectivity index (χ1v) is 21.9. The van der Waals surface area contributed by atoms with Gasteiger partial charge in [0.1, 0.15) is 6.10 Å². The minimum absolute atomic E-state index is 0.0711. The first-order valence-electron chi connectivity index (χ1n) is 20.4. The van der Waals surface area contributed by atoms with Crippen molar-refractivity contribution < 1.29 is 32.8 Å². The van der Waals surface area contributed by atoms with Crippen molar-refractivity contribution in [3.63, 3.8) is 0 Å². The maximum atomic E-state index is 12.5. The smallest absolute Gasteiger partial charge is 0.457 e. The van der Waals surface area contributed by atoms with E-state index in [1.807, 2.05) is 6.08 Å². The number of phosphoric acid groups is 1. The lowest BCUT2D eigenvalue weighted by atomic mass is 10.1. The van der Waals surface area contributed by atoms with Crippen molar-refractivity contribution in [3.8, 4) is 0 Å². The van der Waals surface area contributed by atoms with Crippen LogP contribution in [0.3, 0.4) is 0 Å². The molecular formula is C43H76NO7P. The third-order valence-corrected chi connectivity index (χ3v) is 9.12. The average molecular weight is 750 g/mol. The maximum Gasteiger partial charge on any atom is 0.472 e. The zero-order chi connectivity index (χ0) is 38.1. The van der Waals surface area contributed by atoms with Crippen molar-refractivity contribution in [1.29, 1.82) is 0 Å². The zero-order valence-corrected chi connectivity index (χ0v) is 33.9. The van der Waals surface area contributed by atoms with Gasteiger partial charge in [-0.2, -0.15) is 0 Å². The van der Waals surface area contributed by atoms with Gasteiger partial charge in [0.05, 0.1) is 26.2 Å². The Kier molecular flexibility index (Phi) is 38.5. The van der Waals surface area contributed by atoms with Gasteiger partial charge in [-0.25, -0.2) is 4.57 Å². The van der Waals surface area contributed by atoms with Gasteiger partial charge < -0.3 is 20.1 Å². The molecule has 0 radical (unpaired) electrons. The summed E-state index contributed by atoms with van der Waals surface area (Å²) >= 11 is 0. The topological polar surface area (TPSA) is 117 Å². The summed E-state index contributed by atoms with van der Waals surface area (Å²) in [5.41, 5.74) is 5.35. The summed E-state index contributed by atoms with van der Waals surface area (Å²) in [6.45, 7) is 4.64. The van der Waals surface area contributed by atoms with E-state index in [1.165, 1.54) is 89.9 Å². The molecule has 9 heteroatoms. The maximum absolute atomic E-state index is 12.5. The third kappa shape index (κ3) is 39.2. The van der Waals surface area contributed by atoms with E-state index in [9.17, 15) is 14.3 Å². The van der Waals surface area contributed by atoms with Crippen molar-refractivity contribution in [2.75, 3.05) is 33.0 Å². The molecule has 0 saturated carbocycles. The number of unbranched alkanes of at least 4 members (excludes halogenated alkanes) is 14. The van der Waals surface area contributed by atoms with Crippen LogP contribution in [-0.4, -0.2) is 49.9 Å². The minimum Gasteiger partial charge on any atom is -0.457 e. The van der Waals surface area contributed by atoms with Gasteiger partial charge in [0.2, 0.25) is 0 Å². The van der Waals surface area contributed by atoms with Crippen molar-refractivity contribution in [3.05, 3.63) is 72.9 Å². The number of phosphoric ester groups is 1. The van der Waals surface area contributed by atoms with E-state index in [-0.39, 0.29) is 32.8 Å². The number of rotatable bonds is 38. The Hall–Kier alpha value is -2.06. The fourth-order valence-electron chi connectivity index (χ4n) is 5.18. The minimum atomic E-state index is -4.30. The SMILES string of the molecule is CC/C=C\C/C=C\C/C=C\C/C=C\C/C=C\CC(=O)OC(COCCCCCCCCCC/C=C\CCCCCCCC)COP(=O)(O)OCCN. The number of allylic oxidation sites excluding steroid dienone is 11. The van der Waals surface area contributed by atoms with E-state index in [0.29, 0.717) is 13.0 Å². The number of carbonyl (C=O) groups is 1. The molecule has 0 heterocycles. The van der Waals surface area contributed by atoms with Gasteiger partial charge >= 0.3 is 13.8 Å². The molecule has 0 bridgehead atoms. The van der Waals surface area contributed by atoms with Crippen LogP contribution in [0.25, 0.3) is 0 Å². The summed E-state index contributed by atoms with van der Waals surface area (Å²) in [4.78, 5) is 22.4. The number of carbonyl (C=O) groups excluding carboxylic acids is 1. The fourth-order valence-corrected chi connectivity index (χ4v) is 5.95. The van der Waals surface area contributed by atoms with Crippen molar-refractivity contribution in [1.82, 2.24) is 0 Å². The van der Waals surface area contributed by atoms with Gasteiger partial charge in [0.15, 0.2) is 0 Å². The lowest BCUT2D eigenvalue weighted by Gasteiger charge is -2.19. The van der Waals surface area contributed by atoms with Crippen LogP contribution in [0, 0.1) is 0 Å². The van der Waals surface area contributed by atoms with Crippen molar-refractivity contribution in [2.24, 2.45) is 5.73 Å². The van der Waals surface area contributed by atoms with Crippen LogP contribution < -0.4 is 5.73 Å². The molecule has 300 valence electrons. The van der Waals surface area contributed by atoms with E-state index in [4.69, 9.17) is 24.3 Å². The highest BCUT2D eigenvalue weighted by Gasteiger charge is 2.25. The van der Waals surface area contributed by atoms with E-state index in [1.54, 1.807) is 6.08 Å². The van der Waals surface area contributed by atoms with Gasteiger partial charge in [-0.3, -0.25) is 13.8 Å². The molecule has 0 aromatic carbocycles. The second-order valence-corrected chi connectivity index (χ2v) is 14.6. The van der Waals surface area contributed by atoms with Crippen LogP contribution in [-0.2, 0) is 27.9 Å². The molecule has 8 nitrogen and oxygen atoms in total. The molecule has 0 saturated heterocycles. The molecule has 0 aliphatic carbocycles. The molecule has 0 fully saturated rings.